The number of nitrogens with one attached hydrogen (secondary N) is 1. The Morgan fingerprint density at radius 2 is 1.80 bits per heavy atom. The normalized spacial score (nSPS) is 23.1. The molecule has 61 heavy (non-hydrogen) atoms. The molecule has 1 saturated carbocycles. The van der Waals surface area contributed by atoms with Gasteiger partial charge in [0.2, 0.25) is 5.79 Å². The van der Waals surface area contributed by atoms with Crippen LogP contribution < -0.4 is 14.8 Å². The zero-order chi connectivity index (χ0) is 43.8. The Balaban J connectivity index is 1.75. The van der Waals surface area contributed by atoms with E-state index in [-0.39, 0.29) is 89.3 Å². The summed E-state index contributed by atoms with van der Waals surface area (Å²) in [6, 6.07) is 10.3. The quantitative estimate of drug-likeness (QED) is 0.0412. The number of oxime groups is 1. The van der Waals surface area contributed by atoms with Crippen LogP contribution in [0, 0.1) is 27.9 Å². The number of ether oxygens (including phenoxy) is 5. The van der Waals surface area contributed by atoms with Gasteiger partial charge in [-0.05, 0) is 92.8 Å². The highest BCUT2D eigenvalue weighted by Crippen LogP contribution is 2.62. The van der Waals surface area contributed by atoms with Crippen molar-refractivity contribution in [3.05, 3.63) is 88.0 Å². The first-order chi connectivity index (χ1) is 29.7. The molecule has 1 aliphatic heterocycles. The molecule has 1 fully saturated rings. The summed E-state index contributed by atoms with van der Waals surface area (Å²) >= 11 is 0. The number of nitro groups is 1. The van der Waals surface area contributed by atoms with Gasteiger partial charge in [-0.3, -0.25) is 15.0 Å². The molecule has 5 rings (SSSR count). The van der Waals surface area contributed by atoms with Crippen LogP contribution in [0.5, 0.6) is 11.5 Å². The number of amides is 2. The standard InChI is InChI=1S/C44H60N4O13/c1-4-23-58-44-39(47(43(53)57-6-3)19-24-56-25-22-51)28-37(46-59-29-30-13-15-32(16-14-30)48(54)55)35-26-31(11-7-9-20-49)34(12-8-10-21-50)40(41(35)44)36-27-33(17-18-38(36)61-44)60-42(52)45-5-2/h4,13-18,26-27,31,34,39-41,49-51H,1,5-12,19-25,28-29H2,2-3H3,(H,45,52). The SMILES string of the molecule is C=CCOC12Oc3ccc(OC(=O)NCC)cc3C3C(CCCCO)C(CCCCO)C=C(C(=NOCc4ccc([N+](=O)[O-])cc4)CC1N(CCOCCO)C(=O)OCC)C32. The average Bonchev–Trinajstić information content (AvgIpc) is 3.25. The molecule has 6 atom stereocenters. The van der Waals surface area contributed by atoms with Crippen LogP contribution in [-0.4, -0.2) is 114 Å². The van der Waals surface area contributed by atoms with E-state index in [4.69, 9.17) is 33.7 Å². The summed E-state index contributed by atoms with van der Waals surface area (Å²) in [4.78, 5) is 45.3. The minimum atomic E-state index is -1.58. The van der Waals surface area contributed by atoms with E-state index in [1.807, 2.05) is 6.07 Å². The number of hydrogen-bond donors (Lipinski definition) is 4. The lowest BCUT2D eigenvalue weighted by Gasteiger charge is -2.59. The fourth-order valence-corrected chi connectivity index (χ4v) is 8.81. The van der Waals surface area contributed by atoms with Crippen LogP contribution in [0.25, 0.3) is 0 Å². The van der Waals surface area contributed by atoms with Gasteiger partial charge in [-0.15, -0.1) is 6.58 Å². The molecule has 6 unspecified atom stereocenters. The van der Waals surface area contributed by atoms with Crippen LogP contribution in [0.2, 0.25) is 0 Å². The summed E-state index contributed by atoms with van der Waals surface area (Å²) in [5, 5.41) is 47.9. The average molecular weight is 853 g/mol. The van der Waals surface area contributed by atoms with Crippen molar-refractivity contribution in [2.24, 2.45) is 22.9 Å². The third kappa shape index (κ3) is 11.5. The van der Waals surface area contributed by atoms with Crippen LogP contribution in [-0.2, 0) is 25.7 Å². The van der Waals surface area contributed by atoms with Crippen molar-refractivity contribution in [1.29, 1.82) is 0 Å². The highest BCUT2D eigenvalue weighted by molar-refractivity contribution is 6.03. The van der Waals surface area contributed by atoms with Crippen molar-refractivity contribution >= 4 is 23.6 Å². The molecule has 2 aromatic rings. The van der Waals surface area contributed by atoms with Crippen LogP contribution >= 0.6 is 0 Å². The first-order valence-corrected chi connectivity index (χ1v) is 21.2. The lowest BCUT2D eigenvalue weighted by Crippen LogP contribution is -2.70. The molecule has 17 heteroatoms. The Morgan fingerprint density at radius 1 is 1.05 bits per heavy atom. The van der Waals surface area contributed by atoms with E-state index in [1.54, 1.807) is 44.2 Å². The summed E-state index contributed by atoms with van der Waals surface area (Å²) in [6.07, 6.45) is 6.66. The van der Waals surface area contributed by atoms with Crippen molar-refractivity contribution in [3.8, 4) is 11.5 Å². The van der Waals surface area contributed by atoms with E-state index in [9.17, 15) is 35.0 Å². The Morgan fingerprint density at radius 3 is 2.48 bits per heavy atom. The monoisotopic (exact) mass is 852 g/mol. The van der Waals surface area contributed by atoms with Crippen LogP contribution in [0.4, 0.5) is 15.3 Å². The lowest BCUT2D eigenvalue weighted by atomic mass is 9.55. The second-order valence-corrected chi connectivity index (χ2v) is 15.1. The highest BCUT2D eigenvalue weighted by atomic mass is 16.7. The number of carbonyl (C=O) groups is 2. The maximum Gasteiger partial charge on any atom is 0.412 e. The highest BCUT2D eigenvalue weighted by Gasteiger charge is 2.65. The summed E-state index contributed by atoms with van der Waals surface area (Å²) in [5.41, 5.74) is 2.66. The van der Waals surface area contributed by atoms with Crippen molar-refractivity contribution < 1.29 is 58.4 Å². The number of aliphatic hydroxyl groups is 3. The Hall–Kier alpha value is -5.07. The number of aliphatic hydroxyl groups excluding tert-OH is 3. The van der Waals surface area contributed by atoms with E-state index in [0.29, 0.717) is 55.0 Å². The van der Waals surface area contributed by atoms with E-state index < -0.39 is 34.9 Å². The fraction of sp³-hybridized carbons (Fsp3) is 0.568. The number of allylic oxidation sites excluding steroid dienone is 1. The fourth-order valence-electron chi connectivity index (χ4n) is 8.81. The molecule has 334 valence electrons. The molecule has 0 saturated heterocycles. The van der Waals surface area contributed by atoms with Crippen molar-refractivity contribution in [2.75, 3.05) is 59.3 Å². The maximum atomic E-state index is 14.1. The van der Waals surface area contributed by atoms with Crippen molar-refractivity contribution in [3.63, 3.8) is 0 Å². The molecule has 0 aromatic heterocycles. The van der Waals surface area contributed by atoms with Gasteiger partial charge in [0.25, 0.3) is 5.69 Å². The third-order valence-electron chi connectivity index (χ3n) is 11.3. The van der Waals surface area contributed by atoms with E-state index in [0.717, 1.165) is 24.0 Å². The van der Waals surface area contributed by atoms with E-state index >= 15 is 0 Å². The van der Waals surface area contributed by atoms with Gasteiger partial charge in [-0.2, -0.15) is 0 Å². The number of nitrogens with zero attached hydrogens (tertiary/aromatic N) is 3. The minimum absolute atomic E-state index is 0.00813. The van der Waals surface area contributed by atoms with Crippen LogP contribution in [0.3, 0.4) is 0 Å². The van der Waals surface area contributed by atoms with Gasteiger partial charge in [-0.1, -0.05) is 30.1 Å². The molecular weight excluding hydrogens is 792 g/mol. The molecular formula is C44H60N4O13. The molecule has 2 aliphatic carbocycles. The zero-order valence-corrected chi connectivity index (χ0v) is 35.1. The Labute approximate surface area is 356 Å². The molecule has 4 N–H and O–H groups in total. The first kappa shape index (κ1) is 47.0. The summed E-state index contributed by atoms with van der Waals surface area (Å²) in [7, 11) is 0. The second-order valence-electron chi connectivity index (χ2n) is 15.1. The van der Waals surface area contributed by atoms with Crippen molar-refractivity contribution in [1.82, 2.24) is 10.2 Å². The summed E-state index contributed by atoms with van der Waals surface area (Å²) in [5.74, 6) is -1.98. The molecule has 3 aliphatic rings. The Bertz CT molecular complexity index is 1840. The number of rotatable bonds is 24. The van der Waals surface area contributed by atoms with Gasteiger partial charge < -0.3 is 49.2 Å². The van der Waals surface area contributed by atoms with Gasteiger partial charge >= 0.3 is 12.2 Å². The largest absolute Gasteiger partial charge is 0.459 e. The van der Waals surface area contributed by atoms with E-state index in [1.165, 1.54) is 17.0 Å². The number of hydrogen-bond acceptors (Lipinski definition) is 14. The molecule has 17 nitrogen and oxygen atoms in total. The lowest BCUT2D eigenvalue weighted by molar-refractivity contribution is -0.384. The molecule has 0 radical (unpaired) electrons. The topological polar surface area (TPSA) is 221 Å². The van der Waals surface area contributed by atoms with Gasteiger partial charge in [-0.25, -0.2) is 9.59 Å². The molecule has 1 heterocycles. The second kappa shape index (κ2) is 23.2. The van der Waals surface area contributed by atoms with Gasteiger partial charge in [0.15, 0.2) is 0 Å². The molecule has 2 amide bonds. The summed E-state index contributed by atoms with van der Waals surface area (Å²) < 4.78 is 31.2. The molecule has 2 aromatic carbocycles. The van der Waals surface area contributed by atoms with E-state index in [2.05, 4.69) is 18.0 Å². The first-order valence-electron chi connectivity index (χ1n) is 21.2. The molecule has 0 bridgehead atoms. The van der Waals surface area contributed by atoms with Crippen LogP contribution in [0.15, 0.2) is 71.9 Å². The smallest absolute Gasteiger partial charge is 0.412 e. The number of nitro benzene ring substituents is 1. The van der Waals surface area contributed by atoms with Gasteiger partial charge in [0, 0.05) is 56.3 Å². The van der Waals surface area contributed by atoms with Gasteiger partial charge in [0.1, 0.15) is 24.1 Å². The predicted molar refractivity (Wildman–Crippen MR) is 224 cm³/mol. The van der Waals surface area contributed by atoms with Crippen LogP contribution in [0.1, 0.15) is 75.8 Å². The number of benzene rings is 2. The number of carbonyl (C=O) groups excluding carboxylic acids is 2. The van der Waals surface area contributed by atoms with Crippen molar-refractivity contribution in [2.45, 2.75) is 83.1 Å². The third-order valence-corrected chi connectivity index (χ3v) is 11.3. The predicted octanol–water partition coefficient (Wildman–Crippen LogP) is 6.00. The Kier molecular flexibility index (Phi) is 17.9. The van der Waals surface area contributed by atoms with Gasteiger partial charge in [0.05, 0.1) is 49.6 Å². The number of non-ortho nitro benzene ring substituents is 1. The number of unbranched alkanes of at least 4 members (excludes halogenated alkanes) is 2. The zero-order valence-electron chi connectivity index (χ0n) is 35.1. The summed E-state index contributed by atoms with van der Waals surface area (Å²) in [6.45, 7) is 7.93. The molecule has 0 spiro atoms. The minimum Gasteiger partial charge on any atom is -0.459 e. The maximum absolute atomic E-state index is 14.1. The number of fused-ring (bicyclic) bond motifs is 2.